The molecule has 0 saturated carbocycles. The van der Waals surface area contributed by atoms with Crippen molar-refractivity contribution in [2.45, 2.75) is 0 Å². The summed E-state index contributed by atoms with van der Waals surface area (Å²) in [7, 11) is 1.32. The number of benzene rings is 2. The largest absolute Gasteiger partial charge is 0.465 e. The number of fused-ring (bicyclic) bond motifs is 1. The van der Waals surface area contributed by atoms with Crippen LogP contribution in [0.4, 0.5) is 4.39 Å². The molecule has 2 aromatic rings. The summed E-state index contributed by atoms with van der Waals surface area (Å²) < 4.78 is 19.0. The summed E-state index contributed by atoms with van der Waals surface area (Å²) in [6, 6.07) is 11.5. The quantitative estimate of drug-likeness (QED) is 0.857. The molecule has 0 unspecified atom stereocenters. The molecule has 0 amide bonds. The van der Waals surface area contributed by atoms with Crippen molar-refractivity contribution < 1.29 is 13.9 Å². The number of ether oxygens (including phenoxy) is 1. The molecule has 0 bridgehead atoms. The molecule has 5 heteroatoms. The fourth-order valence-electron chi connectivity index (χ4n) is 2.51. The van der Waals surface area contributed by atoms with E-state index in [2.05, 4.69) is 5.32 Å². The fraction of sp³-hybridized carbons (Fsp3) is 0.0556. The second-order valence-corrected chi connectivity index (χ2v) is 5.36. The molecule has 0 radical (unpaired) electrons. The average Bonchev–Trinajstić information content (AvgIpc) is 2.74. The molecule has 2 aromatic carbocycles. The number of halogens is 2. The Bertz CT molecular complexity index is 934. The first-order valence-corrected chi connectivity index (χ1v) is 7.30. The van der Waals surface area contributed by atoms with Crippen LogP contribution in [-0.4, -0.2) is 13.1 Å². The number of hydrogen-bond acceptors (Lipinski definition) is 3. The maximum absolute atomic E-state index is 14.2. The molecule has 1 N–H and O–H groups in total. The van der Waals surface area contributed by atoms with Crippen LogP contribution < -0.4 is 15.8 Å². The van der Waals surface area contributed by atoms with Gasteiger partial charge in [0.05, 0.1) is 18.4 Å². The van der Waals surface area contributed by atoms with E-state index in [1.54, 1.807) is 48.7 Å². The monoisotopic (exact) mass is 329 g/mol. The molecule has 1 aliphatic rings. The van der Waals surface area contributed by atoms with Crippen LogP contribution in [-0.2, 0) is 9.53 Å². The van der Waals surface area contributed by atoms with Crippen LogP contribution in [0.5, 0.6) is 0 Å². The third-order valence-electron chi connectivity index (χ3n) is 3.57. The summed E-state index contributed by atoms with van der Waals surface area (Å²) in [5.41, 5.74) is 1.31. The second-order valence-electron chi connectivity index (χ2n) is 4.93. The number of carbonyl (C=O) groups is 1. The highest BCUT2D eigenvalue weighted by Gasteiger charge is 2.15. The minimum atomic E-state index is -0.471. The predicted molar refractivity (Wildman–Crippen MR) is 87.3 cm³/mol. The number of nitrogens with one attached hydrogen (secondary N) is 1. The van der Waals surface area contributed by atoms with Gasteiger partial charge in [0.25, 0.3) is 0 Å². The zero-order valence-corrected chi connectivity index (χ0v) is 13.0. The normalized spacial score (nSPS) is 13.2. The predicted octanol–water partition coefficient (Wildman–Crippen LogP) is 2.08. The third kappa shape index (κ3) is 2.85. The van der Waals surface area contributed by atoms with E-state index in [4.69, 9.17) is 16.3 Å². The van der Waals surface area contributed by atoms with E-state index in [0.29, 0.717) is 32.3 Å². The Kier molecular flexibility index (Phi) is 4.17. The topological polar surface area (TPSA) is 38.3 Å². The number of hydrogen-bond donors (Lipinski definition) is 1. The van der Waals surface area contributed by atoms with Crippen LogP contribution in [0.25, 0.3) is 11.3 Å². The Morgan fingerprint density at radius 2 is 1.96 bits per heavy atom. The van der Waals surface area contributed by atoms with Crippen molar-refractivity contribution in [1.29, 1.82) is 0 Å². The lowest BCUT2D eigenvalue weighted by molar-refractivity contribution is -0.133. The van der Waals surface area contributed by atoms with Gasteiger partial charge in [0, 0.05) is 22.0 Å². The summed E-state index contributed by atoms with van der Waals surface area (Å²) in [6.07, 6.45) is 3.19. The van der Waals surface area contributed by atoms with Gasteiger partial charge in [0.1, 0.15) is 5.82 Å². The Morgan fingerprint density at radius 3 is 2.70 bits per heavy atom. The maximum Gasteiger partial charge on any atom is 0.338 e. The van der Waals surface area contributed by atoms with Gasteiger partial charge in [-0.1, -0.05) is 29.8 Å². The Labute approximate surface area is 137 Å². The van der Waals surface area contributed by atoms with Gasteiger partial charge in [0.2, 0.25) is 0 Å². The SMILES string of the molecule is COC(=O)C1=c2ccc(Cl)cc2=C(c2ccccc2F)NC=C1. The van der Waals surface area contributed by atoms with Gasteiger partial charge in [-0.2, -0.15) is 0 Å². The van der Waals surface area contributed by atoms with Crippen molar-refractivity contribution in [2.24, 2.45) is 0 Å². The average molecular weight is 330 g/mol. The molecule has 23 heavy (non-hydrogen) atoms. The van der Waals surface area contributed by atoms with Gasteiger partial charge >= 0.3 is 5.97 Å². The van der Waals surface area contributed by atoms with Gasteiger partial charge in [0.15, 0.2) is 0 Å². The molecular weight excluding hydrogens is 317 g/mol. The molecule has 116 valence electrons. The number of methoxy groups -OCH3 is 1. The molecule has 1 aliphatic heterocycles. The van der Waals surface area contributed by atoms with Crippen LogP contribution >= 0.6 is 11.6 Å². The summed E-state index contributed by atoms with van der Waals surface area (Å²) >= 11 is 6.10. The Balaban J connectivity index is 2.46. The highest BCUT2D eigenvalue weighted by molar-refractivity contribution is 6.30. The zero-order valence-electron chi connectivity index (χ0n) is 12.3. The molecule has 0 spiro atoms. The van der Waals surface area contributed by atoms with E-state index >= 15 is 0 Å². The van der Waals surface area contributed by atoms with Crippen molar-refractivity contribution in [2.75, 3.05) is 7.11 Å². The van der Waals surface area contributed by atoms with Gasteiger partial charge in [-0.25, -0.2) is 9.18 Å². The smallest absolute Gasteiger partial charge is 0.338 e. The van der Waals surface area contributed by atoms with Crippen molar-refractivity contribution >= 4 is 28.8 Å². The molecule has 0 saturated heterocycles. The summed E-state index contributed by atoms with van der Waals surface area (Å²) in [4.78, 5) is 12.0. The number of carbonyl (C=O) groups excluding carboxylic acids is 1. The van der Waals surface area contributed by atoms with Gasteiger partial charge in [-0.15, -0.1) is 0 Å². The van der Waals surface area contributed by atoms with Crippen LogP contribution in [0, 0.1) is 5.82 Å². The highest BCUT2D eigenvalue weighted by atomic mass is 35.5. The maximum atomic E-state index is 14.2. The van der Waals surface area contributed by atoms with E-state index in [1.165, 1.54) is 13.2 Å². The molecule has 3 rings (SSSR count). The van der Waals surface area contributed by atoms with Crippen LogP contribution in [0.2, 0.25) is 5.02 Å². The van der Waals surface area contributed by atoms with Crippen molar-refractivity contribution in [1.82, 2.24) is 5.32 Å². The van der Waals surface area contributed by atoms with E-state index < -0.39 is 5.97 Å². The molecule has 3 nitrogen and oxygen atoms in total. The number of rotatable bonds is 2. The fourth-order valence-corrected chi connectivity index (χ4v) is 2.68. The minimum Gasteiger partial charge on any atom is -0.465 e. The zero-order chi connectivity index (χ0) is 16.4. The molecule has 1 heterocycles. The van der Waals surface area contributed by atoms with Crippen molar-refractivity contribution in [3.8, 4) is 0 Å². The highest BCUT2D eigenvalue weighted by Crippen LogP contribution is 2.15. The van der Waals surface area contributed by atoms with E-state index in [0.717, 1.165) is 0 Å². The van der Waals surface area contributed by atoms with Crippen LogP contribution in [0.15, 0.2) is 54.7 Å². The molecule has 0 fully saturated rings. The first-order chi connectivity index (χ1) is 11.1. The van der Waals surface area contributed by atoms with Crippen LogP contribution in [0.3, 0.4) is 0 Å². The Morgan fingerprint density at radius 1 is 1.17 bits per heavy atom. The summed E-state index contributed by atoms with van der Waals surface area (Å²) in [5, 5.41) is 4.79. The van der Waals surface area contributed by atoms with E-state index in [1.807, 2.05) is 0 Å². The third-order valence-corrected chi connectivity index (χ3v) is 3.80. The molecule has 0 aliphatic carbocycles. The van der Waals surface area contributed by atoms with E-state index in [-0.39, 0.29) is 5.82 Å². The van der Waals surface area contributed by atoms with Crippen LogP contribution in [0.1, 0.15) is 5.56 Å². The number of esters is 1. The van der Waals surface area contributed by atoms with Gasteiger partial charge in [-0.3, -0.25) is 0 Å². The molecular formula is C18H13ClFNO2. The summed E-state index contributed by atoms with van der Waals surface area (Å²) in [5.74, 6) is -0.836. The Hall–Kier alpha value is -2.59. The van der Waals surface area contributed by atoms with Gasteiger partial charge in [-0.05, 0) is 35.6 Å². The summed E-state index contributed by atoms with van der Waals surface area (Å²) in [6.45, 7) is 0. The lowest BCUT2D eigenvalue weighted by Gasteiger charge is -2.09. The van der Waals surface area contributed by atoms with Crippen molar-refractivity contribution in [3.05, 3.63) is 81.6 Å². The first-order valence-electron chi connectivity index (χ1n) is 6.92. The lowest BCUT2D eigenvalue weighted by atomic mass is 10.1. The minimum absolute atomic E-state index is 0.365. The standard InChI is InChI=1S/C18H13ClFNO2/c1-23-18(22)13-8-9-21-17(14-4-2-3-5-16(14)20)15-10-11(19)6-7-12(13)15/h2-10,21H,1H3. The molecule has 0 aromatic heterocycles. The van der Waals surface area contributed by atoms with E-state index in [9.17, 15) is 9.18 Å². The van der Waals surface area contributed by atoms with Crippen molar-refractivity contribution in [3.63, 3.8) is 0 Å². The second kappa shape index (κ2) is 6.26. The lowest BCUT2D eigenvalue weighted by Crippen LogP contribution is -2.33. The van der Waals surface area contributed by atoms with Gasteiger partial charge < -0.3 is 10.1 Å². The molecule has 0 atom stereocenters. The first kappa shape index (κ1) is 15.3.